The molecule has 5 heteroatoms. The Morgan fingerprint density at radius 2 is 2.35 bits per heavy atom. The Balaban J connectivity index is 2.20. The summed E-state index contributed by atoms with van der Waals surface area (Å²) in [4.78, 5) is 14.0. The van der Waals surface area contributed by atoms with Crippen molar-refractivity contribution in [3.8, 4) is 0 Å². The van der Waals surface area contributed by atoms with Gasteiger partial charge in [-0.05, 0) is 25.8 Å². The van der Waals surface area contributed by atoms with Crippen LogP contribution in [0.5, 0.6) is 0 Å². The van der Waals surface area contributed by atoms with Crippen molar-refractivity contribution < 1.29 is 9.90 Å². The molecule has 1 saturated heterocycles. The van der Waals surface area contributed by atoms with Gasteiger partial charge < -0.3 is 10.0 Å². The zero-order valence-corrected chi connectivity index (χ0v) is 10.4. The van der Waals surface area contributed by atoms with Crippen LogP contribution in [0.4, 0.5) is 0 Å². The van der Waals surface area contributed by atoms with Crippen molar-refractivity contribution in [3.05, 3.63) is 17.5 Å². The van der Waals surface area contributed by atoms with Crippen molar-refractivity contribution in [1.82, 2.24) is 14.7 Å². The first-order valence-corrected chi connectivity index (χ1v) is 6.19. The highest BCUT2D eigenvalue weighted by molar-refractivity contribution is 5.93. The number of hydrogen-bond donors (Lipinski definition) is 1. The summed E-state index contributed by atoms with van der Waals surface area (Å²) in [6, 6.07) is 1.86. The topological polar surface area (TPSA) is 58.4 Å². The normalized spacial score (nSPS) is 19.9. The van der Waals surface area contributed by atoms with Crippen LogP contribution in [0.2, 0.25) is 0 Å². The Bertz CT molecular complexity index is 414. The number of amides is 1. The van der Waals surface area contributed by atoms with Crippen molar-refractivity contribution >= 4 is 5.91 Å². The number of carbonyl (C=O) groups excluding carboxylic acids is 1. The Morgan fingerprint density at radius 3 is 2.88 bits per heavy atom. The highest BCUT2D eigenvalue weighted by Crippen LogP contribution is 2.15. The van der Waals surface area contributed by atoms with Crippen LogP contribution < -0.4 is 0 Å². The number of hydrogen-bond acceptors (Lipinski definition) is 3. The fourth-order valence-electron chi connectivity index (χ4n) is 2.14. The lowest BCUT2D eigenvalue weighted by atomic mass is 10.3. The molecule has 5 nitrogen and oxygen atoms in total. The van der Waals surface area contributed by atoms with E-state index in [0.29, 0.717) is 31.7 Å². The molecule has 0 bridgehead atoms. The monoisotopic (exact) mass is 237 g/mol. The van der Waals surface area contributed by atoms with Crippen LogP contribution in [0.25, 0.3) is 0 Å². The summed E-state index contributed by atoms with van der Waals surface area (Å²) < 4.78 is 1.74. The fourth-order valence-corrected chi connectivity index (χ4v) is 2.14. The van der Waals surface area contributed by atoms with Crippen molar-refractivity contribution in [1.29, 1.82) is 0 Å². The molecule has 1 aromatic rings. The summed E-state index contributed by atoms with van der Waals surface area (Å²) in [5.74, 6) is -0.0180. The molecule has 2 rings (SSSR count). The molecule has 2 heterocycles. The van der Waals surface area contributed by atoms with Crippen LogP contribution in [0.1, 0.15) is 36.5 Å². The molecule has 0 radical (unpaired) electrons. The minimum atomic E-state index is -0.373. The van der Waals surface area contributed by atoms with Crippen LogP contribution in [-0.4, -0.2) is 44.9 Å². The first kappa shape index (κ1) is 12.1. The lowest BCUT2D eigenvalue weighted by molar-refractivity contribution is 0.0753. The van der Waals surface area contributed by atoms with E-state index in [1.54, 1.807) is 9.58 Å². The van der Waals surface area contributed by atoms with Gasteiger partial charge in [-0.3, -0.25) is 9.48 Å². The predicted octanol–water partition coefficient (Wildman–Crippen LogP) is 0.672. The van der Waals surface area contributed by atoms with Crippen LogP contribution >= 0.6 is 0 Å². The number of likely N-dealkylation sites (tertiary alicyclic amines) is 1. The van der Waals surface area contributed by atoms with Gasteiger partial charge in [0.2, 0.25) is 0 Å². The van der Waals surface area contributed by atoms with E-state index in [1.165, 1.54) is 0 Å². The van der Waals surface area contributed by atoms with Gasteiger partial charge in [0.05, 0.1) is 11.8 Å². The summed E-state index contributed by atoms with van der Waals surface area (Å²) >= 11 is 0. The molecule has 1 atom stereocenters. The number of carbonyl (C=O) groups is 1. The van der Waals surface area contributed by atoms with E-state index in [4.69, 9.17) is 0 Å². The number of rotatable bonds is 3. The molecule has 1 fully saturated rings. The van der Waals surface area contributed by atoms with E-state index in [-0.39, 0.29) is 12.0 Å². The molecule has 0 aliphatic carbocycles. The molecule has 17 heavy (non-hydrogen) atoms. The average Bonchev–Trinajstić information content (AvgIpc) is 2.93. The summed E-state index contributed by atoms with van der Waals surface area (Å²) in [6.45, 7) is 5.77. The number of aromatic nitrogens is 2. The highest BCUT2D eigenvalue weighted by Gasteiger charge is 2.27. The van der Waals surface area contributed by atoms with Crippen LogP contribution in [0, 0.1) is 0 Å². The highest BCUT2D eigenvalue weighted by atomic mass is 16.3. The number of β-amino-alcohol motifs (C(OH)–C–C–N with tert-alkyl or cyclic N) is 1. The minimum absolute atomic E-state index is 0.0180. The Labute approximate surface area is 101 Å². The molecule has 0 aromatic carbocycles. The summed E-state index contributed by atoms with van der Waals surface area (Å²) in [5, 5.41) is 13.8. The van der Waals surface area contributed by atoms with Gasteiger partial charge in [0.15, 0.2) is 0 Å². The Morgan fingerprint density at radius 1 is 1.59 bits per heavy atom. The molecule has 94 valence electrons. The Hall–Kier alpha value is -1.36. The van der Waals surface area contributed by atoms with Crippen LogP contribution in [0.3, 0.4) is 0 Å². The maximum atomic E-state index is 12.3. The average molecular weight is 237 g/mol. The molecule has 1 aliphatic heterocycles. The van der Waals surface area contributed by atoms with Gasteiger partial charge >= 0.3 is 0 Å². The largest absolute Gasteiger partial charge is 0.391 e. The van der Waals surface area contributed by atoms with Crippen molar-refractivity contribution in [3.63, 3.8) is 0 Å². The van der Waals surface area contributed by atoms with Gasteiger partial charge in [0, 0.05) is 19.6 Å². The molecule has 1 aliphatic rings. The fraction of sp³-hybridized carbons (Fsp3) is 0.667. The third kappa shape index (κ3) is 2.34. The van der Waals surface area contributed by atoms with E-state index in [2.05, 4.69) is 5.10 Å². The van der Waals surface area contributed by atoms with E-state index in [1.807, 2.05) is 19.9 Å². The minimum Gasteiger partial charge on any atom is -0.391 e. The van der Waals surface area contributed by atoms with Gasteiger partial charge in [-0.25, -0.2) is 0 Å². The van der Waals surface area contributed by atoms with Gasteiger partial charge in [0.25, 0.3) is 5.91 Å². The SMILES string of the molecule is CCc1cc(C(=O)N2CC[C@@H](O)C2)n(CC)n1. The van der Waals surface area contributed by atoms with Crippen molar-refractivity contribution in [2.24, 2.45) is 0 Å². The summed E-state index contributed by atoms with van der Waals surface area (Å²) in [5.41, 5.74) is 1.58. The zero-order chi connectivity index (χ0) is 12.4. The van der Waals surface area contributed by atoms with Crippen molar-refractivity contribution in [2.75, 3.05) is 13.1 Å². The second-order valence-electron chi connectivity index (χ2n) is 4.38. The second-order valence-corrected chi connectivity index (χ2v) is 4.38. The van der Waals surface area contributed by atoms with Crippen LogP contribution in [-0.2, 0) is 13.0 Å². The number of nitrogens with zero attached hydrogens (tertiary/aromatic N) is 3. The van der Waals surface area contributed by atoms with Crippen molar-refractivity contribution in [2.45, 2.75) is 39.3 Å². The molecule has 0 saturated carbocycles. The van der Waals surface area contributed by atoms with Crippen LogP contribution in [0.15, 0.2) is 6.07 Å². The number of aliphatic hydroxyl groups excluding tert-OH is 1. The maximum Gasteiger partial charge on any atom is 0.272 e. The lowest BCUT2D eigenvalue weighted by Crippen LogP contribution is -2.31. The number of aryl methyl sites for hydroxylation is 2. The van der Waals surface area contributed by atoms with Gasteiger partial charge in [-0.15, -0.1) is 0 Å². The van der Waals surface area contributed by atoms with E-state index < -0.39 is 0 Å². The molecular weight excluding hydrogens is 218 g/mol. The standard InChI is InChI=1S/C12H19N3O2/c1-3-9-7-11(15(4-2)13-9)12(17)14-6-5-10(16)8-14/h7,10,16H,3-6,8H2,1-2H3/t10-/m1/s1. The van der Waals surface area contributed by atoms with Gasteiger partial charge in [-0.2, -0.15) is 5.10 Å². The van der Waals surface area contributed by atoms with Gasteiger partial charge in [0.1, 0.15) is 5.69 Å². The van der Waals surface area contributed by atoms with Gasteiger partial charge in [-0.1, -0.05) is 6.92 Å². The first-order valence-electron chi connectivity index (χ1n) is 6.19. The quantitative estimate of drug-likeness (QED) is 0.840. The van der Waals surface area contributed by atoms with E-state index in [9.17, 15) is 9.90 Å². The van der Waals surface area contributed by atoms with E-state index in [0.717, 1.165) is 12.1 Å². The Kier molecular flexibility index (Phi) is 3.47. The summed E-state index contributed by atoms with van der Waals surface area (Å²) in [6.07, 6.45) is 1.13. The molecule has 1 aromatic heterocycles. The molecule has 1 N–H and O–H groups in total. The molecule has 0 unspecified atom stereocenters. The summed E-state index contributed by atoms with van der Waals surface area (Å²) in [7, 11) is 0. The molecule has 0 spiro atoms. The maximum absolute atomic E-state index is 12.3. The predicted molar refractivity (Wildman–Crippen MR) is 63.8 cm³/mol. The smallest absolute Gasteiger partial charge is 0.272 e. The number of aliphatic hydroxyl groups is 1. The lowest BCUT2D eigenvalue weighted by Gasteiger charge is -2.15. The third-order valence-corrected chi connectivity index (χ3v) is 3.16. The molecule has 1 amide bonds. The first-order chi connectivity index (χ1) is 8.15. The zero-order valence-electron chi connectivity index (χ0n) is 10.4. The third-order valence-electron chi connectivity index (χ3n) is 3.16. The van der Waals surface area contributed by atoms with E-state index >= 15 is 0 Å². The second kappa shape index (κ2) is 4.87. The molecular formula is C12H19N3O2.